The van der Waals surface area contributed by atoms with Gasteiger partial charge in [-0.25, -0.2) is 0 Å². The fourth-order valence-corrected chi connectivity index (χ4v) is 2.51. The summed E-state index contributed by atoms with van der Waals surface area (Å²) in [6.07, 6.45) is 1.02. The van der Waals surface area contributed by atoms with Gasteiger partial charge in [-0.3, -0.25) is 4.79 Å². The van der Waals surface area contributed by atoms with Crippen molar-refractivity contribution in [2.24, 2.45) is 0 Å². The molecular weight excluding hydrogens is 248 g/mol. The second kappa shape index (κ2) is 5.96. The van der Waals surface area contributed by atoms with E-state index in [0.29, 0.717) is 6.04 Å². The first-order chi connectivity index (χ1) is 9.38. The van der Waals surface area contributed by atoms with Gasteiger partial charge < -0.3 is 10.2 Å². The van der Waals surface area contributed by atoms with Crippen molar-refractivity contribution in [1.29, 1.82) is 0 Å². The highest BCUT2D eigenvalue weighted by Crippen LogP contribution is 2.22. The molecule has 110 valence electrons. The minimum absolute atomic E-state index is 0.129. The summed E-state index contributed by atoms with van der Waals surface area (Å²) >= 11 is 0. The Kier molecular flexibility index (Phi) is 4.48. The smallest absolute Gasteiger partial charge is 0.253 e. The summed E-state index contributed by atoms with van der Waals surface area (Å²) in [4.78, 5) is 14.5. The minimum Gasteiger partial charge on any atom is -0.337 e. The molecule has 1 heterocycles. The van der Waals surface area contributed by atoms with Crippen molar-refractivity contribution in [3.05, 3.63) is 35.4 Å². The Labute approximate surface area is 122 Å². The van der Waals surface area contributed by atoms with Gasteiger partial charge in [0, 0.05) is 31.2 Å². The maximum atomic E-state index is 12.5. The Morgan fingerprint density at radius 1 is 1.20 bits per heavy atom. The third-order valence-electron chi connectivity index (χ3n) is 3.99. The van der Waals surface area contributed by atoms with Gasteiger partial charge in [0.25, 0.3) is 5.91 Å². The topological polar surface area (TPSA) is 32.3 Å². The van der Waals surface area contributed by atoms with Gasteiger partial charge in [-0.1, -0.05) is 32.9 Å². The van der Waals surface area contributed by atoms with E-state index in [1.54, 1.807) is 0 Å². The number of nitrogens with zero attached hydrogens (tertiary/aromatic N) is 1. The number of rotatable bonds is 1. The van der Waals surface area contributed by atoms with E-state index in [0.717, 1.165) is 31.6 Å². The lowest BCUT2D eigenvalue weighted by Gasteiger charge is -2.22. The van der Waals surface area contributed by atoms with E-state index in [1.807, 2.05) is 17.0 Å². The SMILES string of the molecule is CC1CCN(C(=O)c2ccc(C(C)(C)C)cc2)CCN1. The van der Waals surface area contributed by atoms with E-state index < -0.39 is 0 Å². The van der Waals surface area contributed by atoms with Crippen LogP contribution in [0.2, 0.25) is 0 Å². The van der Waals surface area contributed by atoms with Gasteiger partial charge in [-0.2, -0.15) is 0 Å². The van der Waals surface area contributed by atoms with Crippen LogP contribution in [0.1, 0.15) is 50.0 Å². The van der Waals surface area contributed by atoms with Crippen LogP contribution < -0.4 is 5.32 Å². The number of carbonyl (C=O) groups is 1. The van der Waals surface area contributed by atoms with Gasteiger partial charge in [-0.05, 0) is 36.5 Å². The van der Waals surface area contributed by atoms with Crippen LogP contribution in [-0.4, -0.2) is 36.5 Å². The number of hydrogen-bond donors (Lipinski definition) is 1. The van der Waals surface area contributed by atoms with Crippen molar-refractivity contribution in [3.63, 3.8) is 0 Å². The van der Waals surface area contributed by atoms with Gasteiger partial charge >= 0.3 is 0 Å². The molecule has 0 radical (unpaired) electrons. The molecule has 1 aliphatic rings. The molecule has 1 aromatic carbocycles. The average molecular weight is 274 g/mol. The molecule has 0 spiro atoms. The van der Waals surface area contributed by atoms with Crippen LogP contribution in [0.4, 0.5) is 0 Å². The molecule has 1 saturated heterocycles. The standard InChI is InChI=1S/C17H26N2O/c1-13-9-11-19(12-10-18-13)16(20)14-5-7-15(8-6-14)17(2,3)4/h5-8,13,18H,9-12H2,1-4H3. The van der Waals surface area contributed by atoms with E-state index in [9.17, 15) is 4.79 Å². The van der Waals surface area contributed by atoms with Crippen LogP contribution in [0.5, 0.6) is 0 Å². The normalized spacial score (nSPS) is 20.6. The molecule has 1 atom stereocenters. The summed E-state index contributed by atoms with van der Waals surface area (Å²) in [5.41, 5.74) is 2.19. The number of carbonyl (C=O) groups excluding carboxylic acids is 1. The number of amides is 1. The molecule has 0 saturated carbocycles. The summed E-state index contributed by atoms with van der Waals surface area (Å²) < 4.78 is 0. The first-order valence-electron chi connectivity index (χ1n) is 7.51. The van der Waals surface area contributed by atoms with E-state index in [-0.39, 0.29) is 11.3 Å². The summed E-state index contributed by atoms with van der Waals surface area (Å²) in [5.74, 6) is 0.154. The van der Waals surface area contributed by atoms with Crippen molar-refractivity contribution < 1.29 is 4.79 Å². The average Bonchev–Trinajstić information content (AvgIpc) is 2.62. The summed E-state index contributed by atoms with van der Waals surface area (Å²) in [6, 6.07) is 8.57. The molecule has 2 rings (SSSR count). The predicted molar refractivity (Wildman–Crippen MR) is 83.1 cm³/mol. The lowest BCUT2D eigenvalue weighted by molar-refractivity contribution is 0.0765. The van der Waals surface area contributed by atoms with Gasteiger partial charge in [0.2, 0.25) is 0 Å². The molecule has 1 aromatic rings. The molecule has 1 amide bonds. The third-order valence-corrected chi connectivity index (χ3v) is 3.99. The zero-order valence-corrected chi connectivity index (χ0v) is 13.1. The molecule has 1 unspecified atom stereocenters. The van der Waals surface area contributed by atoms with Gasteiger partial charge in [0.1, 0.15) is 0 Å². The van der Waals surface area contributed by atoms with Crippen molar-refractivity contribution >= 4 is 5.91 Å². The Hall–Kier alpha value is -1.35. The van der Waals surface area contributed by atoms with Crippen LogP contribution >= 0.6 is 0 Å². The molecule has 1 N–H and O–H groups in total. The van der Waals surface area contributed by atoms with Crippen molar-refractivity contribution in [1.82, 2.24) is 10.2 Å². The molecule has 0 bridgehead atoms. The third kappa shape index (κ3) is 3.60. The lowest BCUT2D eigenvalue weighted by Crippen LogP contribution is -2.34. The number of nitrogens with one attached hydrogen (secondary N) is 1. The van der Waals surface area contributed by atoms with E-state index in [1.165, 1.54) is 5.56 Å². The van der Waals surface area contributed by atoms with Crippen molar-refractivity contribution in [2.45, 2.75) is 45.6 Å². The van der Waals surface area contributed by atoms with Crippen molar-refractivity contribution in [3.8, 4) is 0 Å². The van der Waals surface area contributed by atoms with Gasteiger partial charge in [0.05, 0.1) is 0 Å². The zero-order chi connectivity index (χ0) is 14.8. The molecule has 1 aliphatic heterocycles. The highest BCUT2D eigenvalue weighted by Gasteiger charge is 2.20. The summed E-state index contributed by atoms with van der Waals surface area (Å²) in [5, 5.41) is 3.42. The molecule has 3 heteroatoms. The predicted octanol–water partition coefficient (Wildman–Crippen LogP) is 2.81. The quantitative estimate of drug-likeness (QED) is 0.854. The molecule has 3 nitrogen and oxygen atoms in total. The van der Waals surface area contributed by atoms with Crippen LogP contribution in [0.15, 0.2) is 24.3 Å². The summed E-state index contributed by atoms with van der Waals surface area (Å²) in [7, 11) is 0. The fraction of sp³-hybridized carbons (Fsp3) is 0.588. The second-order valence-corrected chi connectivity index (χ2v) is 6.76. The van der Waals surface area contributed by atoms with Crippen LogP contribution in [0.25, 0.3) is 0 Å². The highest BCUT2D eigenvalue weighted by molar-refractivity contribution is 5.94. The van der Waals surface area contributed by atoms with Gasteiger partial charge in [-0.15, -0.1) is 0 Å². The summed E-state index contributed by atoms with van der Waals surface area (Å²) in [6.45, 7) is 11.3. The Balaban J connectivity index is 2.09. The zero-order valence-electron chi connectivity index (χ0n) is 13.1. The molecule has 0 aliphatic carbocycles. The maximum absolute atomic E-state index is 12.5. The van der Waals surface area contributed by atoms with E-state index in [2.05, 4.69) is 45.1 Å². The Bertz CT molecular complexity index is 459. The van der Waals surface area contributed by atoms with Crippen molar-refractivity contribution in [2.75, 3.05) is 19.6 Å². The minimum atomic E-state index is 0.129. The monoisotopic (exact) mass is 274 g/mol. The molecule has 0 aromatic heterocycles. The van der Waals surface area contributed by atoms with E-state index >= 15 is 0 Å². The highest BCUT2D eigenvalue weighted by atomic mass is 16.2. The number of benzene rings is 1. The molecule has 1 fully saturated rings. The maximum Gasteiger partial charge on any atom is 0.253 e. The molecular formula is C17H26N2O. The van der Waals surface area contributed by atoms with Gasteiger partial charge in [0.15, 0.2) is 0 Å². The van der Waals surface area contributed by atoms with Crippen LogP contribution in [0.3, 0.4) is 0 Å². The lowest BCUT2D eigenvalue weighted by atomic mass is 9.86. The largest absolute Gasteiger partial charge is 0.337 e. The van der Waals surface area contributed by atoms with Crippen LogP contribution in [-0.2, 0) is 5.41 Å². The molecule has 20 heavy (non-hydrogen) atoms. The Morgan fingerprint density at radius 2 is 1.85 bits per heavy atom. The first-order valence-corrected chi connectivity index (χ1v) is 7.51. The Morgan fingerprint density at radius 3 is 2.45 bits per heavy atom. The second-order valence-electron chi connectivity index (χ2n) is 6.76. The number of hydrogen-bond acceptors (Lipinski definition) is 2. The fourth-order valence-electron chi connectivity index (χ4n) is 2.51. The first kappa shape index (κ1) is 15.0. The van der Waals surface area contributed by atoms with Crippen LogP contribution in [0, 0.1) is 0 Å². The van der Waals surface area contributed by atoms with E-state index in [4.69, 9.17) is 0 Å².